The average molecular weight is 1190 g/mol. The third-order valence-electron chi connectivity index (χ3n) is 11.9. The van der Waals surface area contributed by atoms with Crippen LogP contribution in [0.4, 0.5) is 27.5 Å². The molecule has 9 rings (SSSR count). The number of halogens is 3. The summed E-state index contributed by atoms with van der Waals surface area (Å²) < 4.78 is 1.88. The number of urea groups is 1. The SMILES string of the molecule is Cc1cccc(C(=O)C(C)Br)c1.Cc1cccc(C(=O)C(C)Cc2ccccc2)c1.Cc1cccc(C2(O)C(C)N(c3ccccc3)C(=O)N2c2ccc(Br)cc2)c1.Nc1ccccc1.O=C=Nc1ccc(Br)cc1. The van der Waals surface area contributed by atoms with Crippen LogP contribution >= 0.6 is 47.8 Å². The number of carbonyl (C=O) groups is 3. The third kappa shape index (κ3) is 17.3. The Bertz CT molecular complexity index is 3140. The first-order chi connectivity index (χ1) is 35.9. The van der Waals surface area contributed by atoms with Gasteiger partial charge in [-0.1, -0.05) is 199 Å². The lowest BCUT2D eigenvalue weighted by atomic mass is 9.92. The Hall–Kier alpha value is -7.05. The number of benzene rings is 8. The van der Waals surface area contributed by atoms with E-state index in [9.17, 15) is 24.3 Å². The van der Waals surface area contributed by atoms with Gasteiger partial charge >= 0.3 is 6.03 Å². The number of hydrogen-bond acceptors (Lipinski definition) is 7. The van der Waals surface area contributed by atoms with Gasteiger partial charge in [0.05, 0.1) is 16.6 Å². The zero-order valence-corrected chi connectivity index (χ0v) is 47.5. The smallest absolute Gasteiger partial charge is 0.332 e. The molecule has 9 nitrogen and oxygen atoms in total. The molecule has 4 unspecified atom stereocenters. The molecule has 1 heterocycles. The van der Waals surface area contributed by atoms with E-state index in [1.54, 1.807) is 17.0 Å². The summed E-state index contributed by atoms with van der Waals surface area (Å²) >= 11 is 9.94. The maximum absolute atomic E-state index is 13.6. The van der Waals surface area contributed by atoms with Gasteiger partial charge in [0, 0.05) is 48.6 Å². The Morgan fingerprint density at radius 1 is 0.627 bits per heavy atom. The van der Waals surface area contributed by atoms with Gasteiger partial charge in [-0.25, -0.2) is 9.59 Å². The van der Waals surface area contributed by atoms with Gasteiger partial charge in [-0.05, 0) is 132 Å². The zero-order valence-electron chi connectivity index (χ0n) is 42.8. The van der Waals surface area contributed by atoms with E-state index in [0.29, 0.717) is 16.9 Å². The summed E-state index contributed by atoms with van der Waals surface area (Å²) in [6, 6.07) is 66.0. The summed E-state index contributed by atoms with van der Waals surface area (Å²) in [7, 11) is 0. The summed E-state index contributed by atoms with van der Waals surface area (Å²) in [5.74, 6) is 0.385. The predicted octanol–water partition coefficient (Wildman–Crippen LogP) is 16.1. The van der Waals surface area contributed by atoms with E-state index >= 15 is 0 Å². The Morgan fingerprint density at radius 2 is 1.09 bits per heavy atom. The molecule has 12 heteroatoms. The van der Waals surface area contributed by atoms with Gasteiger partial charge in [-0.3, -0.25) is 19.4 Å². The van der Waals surface area contributed by atoms with Crippen molar-refractivity contribution in [2.45, 2.75) is 64.6 Å². The third-order valence-corrected chi connectivity index (χ3v) is 13.3. The van der Waals surface area contributed by atoms with Crippen LogP contribution in [-0.4, -0.2) is 39.7 Å². The number of amides is 2. The van der Waals surface area contributed by atoms with Gasteiger partial charge in [0.2, 0.25) is 6.08 Å². The summed E-state index contributed by atoms with van der Waals surface area (Å²) in [5, 5.41) is 12.0. The number of alkyl halides is 1. The van der Waals surface area contributed by atoms with Gasteiger partial charge in [0.15, 0.2) is 17.3 Å². The number of carbonyl (C=O) groups excluding carboxylic acids is 4. The van der Waals surface area contributed by atoms with Crippen molar-refractivity contribution in [2.24, 2.45) is 10.9 Å². The van der Waals surface area contributed by atoms with Crippen LogP contribution in [0, 0.1) is 26.7 Å². The van der Waals surface area contributed by atoms with E-state index in [2.05, 4.69) is 64.9 Å². The predicted molar refractivity (Wildman–Crippen MR) is 317 cm³/mol. The van der Waals surface area contributed by atoms with Crippen molar-refractivity contribution in [3.63, 3.8) is 0 Å². The molecule has 1 fully saturated rings. The fourth-order valence-electron chi connectivity index (χ4n) is 8.04. The van der Waals surface area contributed by atoms with Crippen molar-refractivity contribution in [1.82, 2.24) is 0 Å². The second-order valence-electron chi connectivity index (χ2n) is 17.8. The molecule has 0 saturated carbocycles. The van der Waals surface area contributed by atoms with Crippen molar-refractivity contribution < 1.29 is 24.3 Å². The van der Waals surface area contributed by atoms with Crippen molar-refractivity contribution in [3.8, 4) is 0 Å². The van der Waals surface area contributed by atoms with Crippen LogP contribution in [0.25, 0.3) is 0 Å². The van der Waals surface area contributed by atoms with Crippen LogP contribution in [0.1, 0.15) is 69.3 Å². The normalized spacial score (nSPS) is 15.1. The molecule has 3 N–H and O–H groups in total. The number of nitrogens with zero attached hydrogens (tertiary/aromatic N) is 3. The highest BCUT2D eigenvalue weighted by atomic mass is 79.9. The van der Waals surface area contributed by atoms with E-state index < -0.39 is 11.8 Å². The molecule has 75 heavy (non-hydrogen) atoms. The molecule has 384 valence electrons. The standard InChI is InChI=1S/C23H21BrN2O2.C17H18O.C10H11BrO.C7H4BrNO.C6H7N/c1-16-7-6-8-18(15-16)23(28)17(2)25(20-9-4-3-5-10-20)22(27)26(23)21-13-11-19(24)12-14-21;1-13-7-6-10-16(11-13)17(18)14(2)12-15-8-4-3-5-9-15;1-7-4-3-5-9(6-7)10(12)8(2)11;8-6-1-3-7(4-2-6)9-5-10;7-6-4-2-1-3-5-6/h3-15,17,28H,1-2H3;3-11,14H,12H2,1-2H3;3-6,8H,1-2H3;1-4H;1-5H,7H2. The molecule has 0 radical (unpaired) electrons. The fraction of sp³-hybridized carbons (Fsp3) is 0.175. The van der Waals surface area contributed by atoms with E-state index in [0.717, 1.165) is 54.6 Å². The molecule has 0 aromatic heterocycles. The first-order valence-electron chi connectivity index (χ1n) is 24.2. The van der Waals surface area contributed by atoms with Crippen molar-refractivity contribution in [2.75, 3.05) is 15.5 Å². The van der Waals surface area contributed by atoms with Crippen molar-refractivity contribution in [1.29, 1.82) is 0 Å². The fourth-order valence-corrected chi connectivity index (χ4v) is 8.84. The number of ketones is 2. The largest absolute Gasteiger partial charge is 0.399 e. The van der Waals surface area contributed by atoms with Crippen LogP contribution in [-0.2, 0) is 16.9 Å². The van der Waals surface area contributed by atoms with Crippen LogP contribution < -0.4 is 15.5 Å². The number of aliphatic hydroxyl groups is 1. The number of anilines is 3. The second kappa shape index (κ2) is 29.1. The van der Waals surface area contributed by atoms with Crippen LogP contribution in [0.15, 0.2) is 226 Å². The topological polar surface area (TPSA) is 133 Å². The molecular weight excluding hydrogens is 1130 g/mol. The Morgan fingerprint density at radius 3 is 1.56 bits per heavy atom. The molecule has 2 amide bonds. The first-order valence-corrected chi connectivity index (χ1v) is 26.7. The number of isocyanates is 1. The molecule has 1 aliphatic rings. The maximum atomic E-state index is 13.6. The zero-order chi connectivity index (χ0) is 54.5. The van der Waals surface area contributed by atoms with Gasteiger partial charge in [-0.2, -0.15) is 4.99 Å². The number of aryl methyl sites for hydroxylation is 3. The number of aliphatic imine (C=N–C) groups is 1. The molecular formula is C63H61Br3N4O5. The molecule has 8 aromatic rings. The maximum Gasteiger partial charge on any atom is 0.332 e. The summed E-state index contributed by atoms with van der Waals surface area (Å²) in [6.07, 6.45) is 2.26. The van der Waals surface area contributed by atoms with Gasteiger partial charge in [0.1, 0.15) is 0 Å². The van der Waals surface area contributed by atoms with Gasteiger partial charge in [0.25, 0.3) is 0 Å². The highest BCUT2D eigenvalue weighted by Crippen LogP contribution is 2.44. The summed E-state index contributed by atoms with van der Waals surface area (Å²) in [4.78, 5) is 53.5. The highest BCUT2D eigenvalue weighted by molar-refractivity contribution is 9.10. The van der Waals surface area contributed by atoms with Crippen LogP contribution in [0.5, 0.6) is 0 Å². The number of hydrogen-bond donors (Lipinski definition) is 2. The average Bonchev–Trinajstić information content (AvgIpc) is 3.63. The van der Waals surface area contributed by atoms with E-state index in [-0.39, 0.29) is 28.3 Å². The van der Waals surface area contributed by atoms with Crippen LogP contribution in [0.2, 0.25) is 0 Å². The Labute approximate surface area is 466 Å². The van der Waals surface area contributed by atoms with E-state index in [1.807, 2.05) is 230 Å². The Kier molecular flexibility index (Phi) is 22.9. The summed E-state index contributed by atoms with van der Waals surface area (Å²) in [5.41, 5.74) is 13.5. The summed E-state index contributed by atoms with van der Waals surface area (Å²) in [6.45, 7) is 11.7. The van der Waals surface area contributed by atoms with Crippen molar-refractivity contribution >= 4 is 94.2 Å². The minimum Gasteiger partial charge on any atom is -0.399 e. The Balaban J connectivity index is 0.000000190. The van der Waals surface area contributed by atoms with Gasteiger partial charge < -0.3 is 10.8 Å². The molecule has 1 aliphatic heterocycles. The number of para-hydroxylation sites is 2. The molecule has 0 bridgehead atoms. The number of nitrogen functional groups attached to an aromatic ring is 1. The minimum atomic E-state index is -1.51. The highest BCUT2D eigenvalue weighted by Gasteiger charge is 2.56. The van der Waals surface area contributed by atoms with Crippen LogP contribution in [0.3, 0.4) is 0 Å². The van der Waals surface area contributed by atoms with Crippen molar-refractivity contribution in [3.05, 3.63) is 260 Å². The van der Waals surface area contributed by atoms with E-state index in [1.165, 1.54) is 16.5 Å². The number of Topliss-reactive ketones (excluding diaryl/α,β-unsaturated/α-hetero) is 2. The lowest BCUT2D eigenvalue weighted by Gasteiger charge is -2.36. The second-order valence-corrected chi connectivity index (χ2v) is 21.0. The van der Waals surface area contributed by atoms with Gasteiger partial charge in [-0.15, -0.1) is 0 Å². The lowest BCUT2D eigenvalue weighted by molar-refractivity contribution is 0.0371. The molecule has 1 saturated heterocycles. The minimum absolute atomic E-state index is 0.0224. The number of nitrogens with two attached hydrogens (primary N) is 1. The quantitative estimate of drug-likeness (QED) is 0.0461. The molecule has 8 aromatic carbocycles. The lowest BCUT2D eigenvalue weighted by Crippen LogP contribution is -2.48. The number of rotatable bonds is 10. The first kappa shape index (κ1) is 58.8. The molecule has 4 atom stereocenters. The van der Waals surface area contributed by atoms with E-state index in [4.69, 9.17) is 5.73 Å². The monoisotopic (exact) mass is 1190 g/mol. The molecule has 0 aliphatic carbocycles. The molecule has 0 spiro atoms.